The number of fused-ring (bicyclic) bond motifs is 1. The average molecular weight is 492 g/mol. The number of hydrogen-bond acceptors (Lipinski definition) is 4. The van der Waals surface area contributed by atoms with E-state index >= 15 is 0 Å². The van der Waals surface area contributed by atoms with Crippen molar-refractivity contribution in [3.05, 3.63) is 88.7 Å². The predicted octanol–water partition coefficient (Wildman–Crippen LogP) is 4.84. The van der Waals surface area contributed by atoms with E-state index in [0.29, 0.717) is 30.2 Å². The number of rotatable bonds is 6. The van der Waals surface area contributed by atoms with E-state index in [1.54, 1.807) is 38.2 Å². The molecule has 3 aromatic rings. The van der Waals surface area contributed by atoms with Crippen LogP contribution >= 0.6 is 0 Å². The fraction of sp³-hybridized carbons (Fsp3) is 0.286. The fourth-order valence-electron chi connectivity index (χ4n) is 4.46. The molecule has 0 aromatic heterocycles. The van der Waals surface area contributed by atoms with Crippen LogP contribution in [0.1, 0.15) is 35.2 Å². The van der Waals surface area contributed by atoms with Crippen molar-refractivity contribution < 1.29 is 23.5 Å². The molecule has 0 radical (unpaired) electrons. The number of halogens is 1. The largest absolute Gasteiger partial charge is 0.493 e. The van der Waals surface area contributed by atoms with Crippen molar-refractivity contribution in [2.24, 2.45) is 0 Å². The Hall–Kier alpha value is -4.07. The van der Waals surface area contributed by atoms with Gasteiger partial charge in [-0.15, -0.1) is 0 Å². The minimum Gasteiger partial charge on any atom is -0.493 e. The van der Waals surface area contributed by atoms with Crippen molar-refractivity contribution in [2.75, 3.05) is 26.1 Å². The molecule has 3 aromatic carbocycles. The summed E-state index contributed by atoms with van der Waals surface area (Å²) in [5.41, 5.74) is 4.24. The topological polar surface area (TPSA) is 79.9 Å². The number of ether oxygens (including phenoxy) is 2. The molecule has 2 atom stereocenters. The summed E-state index contributed by atoms with van der Waals surface area (Å²) in [6.07, 6.45) is 0.588. The van der Waals surface area contributed by atoms with Gasteiger partial charge in [-0.2, -0.15) is 0 Å². The Labute approximate surface area is 210 Å². The molecule has 1 aliphatic rings. The van der Waals surface area contributed by atoms with Gasteiger partial charge in [0.25, 0.3) is 0 Å². The second-order valence-corrected chi connectivity index (χ2v) is 8.78. The van der Waals surface area contributed by atoms with Crippen molar-refractivity contribution in [1.82, 2.24) is 10.2 Å². The van der Waals surface area contributed by atoms with E-state index in [2.05, 4.69) is 10.6 Å². The first-order chi connectivity index (χ1) is 17.3. The Morgan fingerprint density at radius 3 is 2.36 bits per heavy atom. The van der Waals surface area contributed by atoms with Gasteiger partial charge in [0.05, 0.1) is 20.3 Å². The van der Waals surface area contributed by atoms with Gasteiger partial charge in [0.15, 0.2) is 11.5 Å². The lowest BCUT2D eigenvalue weighted by Gasteiger charge is -2.38. The molecule has 1 heterocycles. The molecular weight excluding hydrogens is 461 g/mol. The number of aryl methyl sites for hydroxylation is 1. The molecule has 36 heavy (non-hydrogen) atoms. The predicted molar refractivity (Wildman–Crippen MR) is 136 cm³/mol. The SMILES string of the molecule is COc1cc2c(cc1OC)[C@H](c1ccc(F)cc1)N(C(=O)N[C@@H](C)C(=O)Nc1ccccc1C)CC2. The third-order valence-corrected chi connectivity index (χ3v) is 6.46. The van der Waals surface area contributed by atoms with Gasteiger partial charge in [-0.05, 0) is 72.9 Å². The van der Waals surface area contributed by atoms with Gasteiger partial charge in [0.1, 0.15) is 11.9 Å². The van der Waals surface area contributed by atoms with Gasteiger partial charge in [0.2, 0.25) is 5.91 Å². The molecule has 0 unspecified atom stereocenters. The monoisotopic (exact) mass is 491 g/mol. The molecule has 0 saturated heterocycles. The molecule has 8 heteroatoms. The minimum absolute atomic E-state index is 0.320. The lowest BCUT2D eigenvalue weighted by atomic mass is 9.88. The molecule has 0 bridgehead atoms. The Balaban J connectivity index is 1.62. The maximum Gasteiger partial charge on any atom is 0.318 e. The van der Waals surface area contributed by atoms with E-state index in [9.17, 15) is 14.0 Å². The maximum absolute atomic E-state index is 13.7. The molecule has 4 rings (SSSR count). The average Bonchev–Trinajstić information content (AvgIpc) is 2.88. The van der Waals surface area contributed by atoms with Gasteiger partial charge in [0, 0.05) is 12.2 Å². The number of methoxy groups -OCH3 is 2. The highest BCUT2D eigenvalue weighted by molar-refractivity contribution is 5.97. The van der Waals surface area contributed by atoms with Crippen molar-refractivity contribution in [1.29, 1.82) is 0 Å². The number of anilines is 1. The normalized spacial score (nSPS) is 15.5. The zero-order valence-corrected chi connectivity index (χ0v) is 20.8. The molecule has 1 aliphatic heterocycles. The van der Waals surface area contributed by atoms with Crippen LogP contribution in [-0.4, -0.2) is 43.6 Å². The second kappa shape index (κ2) is 10.7. The highest BCUT2D eigenvalue weighted by Gasteiger charge is 2.34. The van der Waals surface area contributed by atoms with Gasteiger partial charge >= 0.3 is 6.03 Å². The van der Waals surface area contributed by atoms with Crippen LogP contribution in [0.25, 0.3) is 0 Å². The highest BCUT2D eigenvalue weighted by atomic mass is 19.1. The van der Waals surface area contributed by atoms with Gasteiger partial charge in [-0.25, -0.2) is 9.18 Å². The Bertz CT molecular complexity index is 1260. The van der Waals surface area contributed by atoms with E-state index in [4.69, 9.17) is 9.47 Å². The lowest BCUT2D eigenvalue weighted by Crippen LogP contribution is -2.51. The number of nitrogens with zero attached hydrogens (tertiary/aromatic N) is 1. The standard InChI is InChI=1S/C28H30FN3O4/c1-17-7-5-6-8-23(17)31-27(33)18(2)30-28(34)32-14-13-20-15-24(35-3)25(36-4)16-22(20)26(32)19-9-11-21(29)12-10-19/h5-12,15-16,18,26H,13-14H2,1-4H3,(H,30,34)(H,31,33)/t18-,26-/m0/s1. The fourth-order valence-corrected chi connectivity index (χ4v) is 4.46. The molecule has 3 amide bonds. The van der Waals surface area contributed by atoms with Crippen molar-refractivity contribution in [3.63, 3.8) is 0 Å². The summed E-state index contributed by atoms with van der Waals surface area (Å²) in [5.74, 6) is 0.462. The quantitative estimate of drug-likeness (QED) is 0.517. The molecular formula is C28H30FN3O4. The van der Waals surface area contributed by atoms with Crippen molar-refractivity contribution in [2.45, 2.75) is 32.4 Å². The molecule has 0 aliphatic carbocycles. The van der Waals surface area contributed by atoms with Crippen LogP contribution in [0, 0.1) is 12.7 Å². The van der Waals surface area contributed by atoms with Crippen LogP contribution in [-0.2, 0) is 11.2 Å². The molecule has 0 spiro atoms. The number of benzene rings is 3. The molecule has 2 N–H and O–H groups in total. The van der Waals surface area contributed by atoms with E-state index in [-0.39, 0.29) is 11.7 Å². The second-order valence-electron chi connectivity index (χ2n) is 8.78. The number of para-hydroxylation sites is 1. The van der Waals surface area contributed by atoms with E-state index < -0.39 is 18.1 Å². The minimum atomic E-state index is -0.780. The lowest BCUT2D eigenvalue weighted by molar-refractivity contribution is -0.117. The Morgan fingerprint density at radius 1 is 1.03 bits per heavy atom. The van der Waals surface area contributed by atoms with Crippen LogP contribution in [0.3, 0.4) is 0 Å². The third kappa shape index (κ3) is 5.12. The summed E-state index contributed by atoms with van der Waals surface area (Å²) in [4.78, 5) is 27.9. The van der Waals surface area contributed by atoms with Crippen LogP contribution in [0.15, 0.2) is 60.7 Å². The Kier molecular flexibility index (Phi) is 7.43. The number of nitrogens with one attached hydrogen (secondary N) is 2. The maximum atomic E-state index is 13.7. The zero-order valence-electron chi connectivity index (χ0n) is 20.8. The molecule has 7 nitrogen and oxygen atoms in total. The molecule has 0 fully saturated rings. The van der Waals surface area contributed by atoms with Crippen LogP contribution in [0.4, 0.5) is 14.9 Å². The summed E-state index contributed by atoms with van der Waals surface area (Å²) in [7, 11) is 3.13. The summed E-state index contributed by atoms with van der Waals surface area (Å²) in [6, 6.07) is 15.6. The van der Waals surface area contributed by atoms with Crippen molar-refractivity contribution >= 4 is 17.6 Å². The molecule has 0 saturated carbocycles. The first-order valence-corrected chi connectivity index (χ1v) is 11.8. The summed E-state index contributed by atoms with van der Waals surface area (Å²) in [6.45, 7) is 3.95. The van der Waals surface area contributed by atoms with E-state index in [0.717, 1.165) is 22.3 Å². The Morgan fingerprint density at radius 2 is 1.69 bits per heavy atom. The smallest absolute Gasteiger partial charge is 0.318 e. The van der Waals surface area contributed by atoms with Crippen LogP contribution in [0.2, 0.25) is 0 Å². The van der Waals surface area contributed by atoms with Gasteiger partial charge in [-0.3, -0.25) is 4.79 Å². The summed E-state index contributed by atoms with van der Waals surface area (Å²) in [5, 5.41) is 5.69. The first-order valence-electron chi connectivity index (χ1n) is 11.8. The van der Waals surface area contributed by atoms with Crippen LogP contribution < -0.4 is 20.1 Å². The van der Waals surface area contributed by atoms with Crippen LogP contribution in [0.5, 0.6) is 11.5 Å². The third-order valence-electron chi connectivity index (χ3n) is 6.46. The first kappa shape index (κ1) is 25.0. The number of carbonyl (C=O) groups excluding carboxylic acids is 2. The van der Waals surface area contributed by atoms with E-state index in [1.807, 2.05) is 43.3 Å². The number of carbonyl (C=O) groups is 2. The number of urea groups is 1. The highest BCUT2D eigenvalue weighted by Crippen LogP contribution is 2.41. The van der Waals surface area contributed by atoms with Gasteiger partial charge < -0.3 is 25.0 Å². The summed E-state index contributed by atoms with van der Waals surface area (Å²) < 4.78 is 24.7. The van der Waals surface area contributed by atoms with Crippen molar-refractivity contribution in [3.8, 4) is 11.5 Å². The number of hydrogen-bond donors (Lipinski definition) is 2. The van der Waals surface area contributed by atoms with E-state index in [1.165, 1.54) is 12.1 Å². The molecule has 188 valence electrons. The van der Waals surface area contributed by atoms with Gasteiger partial charge in [-0.1, -0.05) is 30.3 Å². The summed E-state index contributed by atoms with van der Waals surface area (Å²) >= 11 is 0. The number of amides is 3. The zero-order chi connectivity index (χ0) is 25.8.